The first-order valence-electron chi connectivity index (χ1n) is 1.73. The summed E-state index contributed by atoms with van der Waals surface area (Å²) in [5.74, 6) is 0. The molecule has 0 amide bonds. The molecule has 3 heteroatoms. The van der Waals surface area contributed by atoms with E-state index in [1.807, 2.05) is 7.05 Å². The zero-order valence-corrected chi connectivity index (χ0v) is 5.34. The van der Waals surface area contributed by atoms with Gasteiger partial charge in [-0.2, -0.15) is 0 Å². The molecular formula is C3H10CrNO. The molecule has 0 aromatic heterocycles. The summed E-state index contributed by atoms with van der Waals surface area (Å²) in [5.41, 5.74) is 0. The van der Waals surface area contributed by atoms with Crippen molar-refractivity contribution in [2.24, 2.45) is 0 Å². The van der Waals surface area contributed by atoms with Gasteiger partial charge in [-0.05, 0) is 6.92 Å². The summed E-state index contributed by atoms with van der Waals surface area (Å²) in [7, 11) is 1.82. The summed E-state index contributed by atoms with van der Waals surface area (Å²) in [6, 6.07) is 0. The number of nitrogens with one attached hydrogen (secondary N) is 1. The summed E-state index contributed by atoms with van der Waals surface area (Å²) < 4.78 is 2.62. The van der Waals surface area contributed by atoms with Gasteiger partial charge in [-0.15, -0.1) is 0 Å². The van der Waals surface area contributed by atoms with Crippen LogP contribution in [0.25, 0.3) is 0 Å². The topological polar surface area (TPSA) is 32.3 Å². The Morgan fingerprint density at radius 2 is 1.83 bits per heavy atom. The van der Waals surface area contributed by atoms with E-state index in [-0.39, 0.29) is 6.61 Å². The van der Waals surface area contributed by atoms with Crippen LogP contribution in [0.1, 0.15) is 6.92 Å². The fourth-order valence-corrected chi connectivity index (χ4v) is 0. The molecule has 0 rings (SSSR count). The van der Waals surface area contributed by atoms with E-state index in [1.54, 1.807) is 6.92 Å². The molecule has 0 aromatic rings. The summed E-state index contributed by atoms with van der Waals surface area (Å²) in [6.07, 6.45) is 0. The summed E-state index contributed by atoms with van der Waals surface area (Å²) >= 11 is 2.56. The molecule has 2 nitrogen and oxygen atoms in total. The van der Waals surface area contributed by atoms with Crippen molar-refractivity contribution >= 4 is 0 Å². The van der Waals surface area contributed by atoms with E-state index in [0.717, 1.165) is 0 Å². The standard InChI is InChI=1S/C2H6O.CH4N.Cr/c1-2-3;1-2;/h3H,2H2,1H3;2H,1H3;/q;-1;+1. The van der Waals surface area contributed by atoms with Crippen LogP contribution in [-0.4, -0.2) is 18.8 Å². The molecule has 0 aromatic carbocycles. The van der Waals surface area contributed by atoms with Crippen LogP contribution in [0.5, 0.6) is 0 Å². The van der Waals surface area contributed by atoms with Crippen LogP contribution in [-0.2, 0) is 16.5 Å². The number of hydrogen-bond donors (Lipinski definition) is 2. The molecule has 0 aliphatic carbocycles. The zero-order chi connectivity index (χ0) is 5.41. The second-order valence-electron chi connectivity index (χ2n) is 0.520. The first-order chi connectivity index (χ1) is 2.83. The third kappa shape index (κ3) is 259. The van der Waals surface area contributed by atoms with Gasteiger partial charge in [0.1, 0.15) is 0 Å². The second-order valence-corrected chi connectivity index (χ2v) is 1.16. The Kier molecular flexibility index (Phi) is 29.0. The van der Waals surface area contributed by atoms with Crippen molar-refractivity contribution < 1.29 is 21.6 Å². The van der Waals surface area contributed by atoms with E-state index in [9.17, 15) is 0 Å². The number of hydrogen-bond acceptors (Lipinski definition) is 2. The van der Waals surface area contributed by atoms with Crippen LogP contribution in [0.3, 0.4) is 0 Å². The molecule has 0 heterocycles. The Bertz CT molecular complexity index is 12.8. The predicted octanol–water partition coefficient (Wildman–Crippen LogP) is -0.334. The quantitative estimate of drug-likeness (QED) is 0.468. The van der Waals surface area contributed by atoms with Gasteiger partial charge < -0.3 is 5.11 Å². The Balaban J connectivity index is 0. The predicted molar refractivity (Wildman–Crippen MR) is 21.8 cm³/mol. The van der Waals surface area contributed by atoms with Gasteiger partial charge >= 0.3 is 27.9 Å². The van der Waals surface area contributed by atoms with Crippen LogP contribution >= 0.6 is 0 Å². The first kappa shape index (κ1) is 9.68. The van der Waals surface area contributed by atoms with Crippen molar-refractivity contribution in [2.75, 3.05) is 13.7 Å². The molecule has 0 atom stereocenters. The van der Waals surface area contributed by atoms with Gasteiger partial charge in [-0.1, -0.05) is 0 Å². The van der Waals surface area contributed by atoms with Crippen molar-refractivity contribution in [1.29, 1.82) is 0 Å². The van der Waals surface area contributed by atoms with Crippen LogP contribution in [0.2, 0.25) is 0 Å². The molecule has 39 valence electrons. The van der Waals surface area contributed by atoms with E-state index in [1.165, 1.54) is 0 Å². The van der Waals surface area contributed by atoms with Crippen LogP contribution in [0.4, 0.5) is 0 Å². The Morgan fingerprint density at radius 1 is 1.83 bits per heavy atom. The van der Waals surface area contributed by atoms with Crippen molar-refractivity contribution in [3.05, 3.63) is 0 Å². The first-order valence-corrected chi connectivity index (χ1v) is 2.36. The van der Waals surface area contributed by atoms with Crippen molar-refractivity contribution in [3.8, 4) is 0 Å². The summed E-state index contributed by atoms with van der Waals surface area (Å²) in [5, 5.41) is 7.57. The molecule has 0 aliphatic rings. The van der Waals surface area contributed by atoms with E-state index in [4.69, 9.17) is 5.11 Å². The van der Waals surface area contributed by atoms with Crippen molar-refractivity contribution in [3.63, 3.8) is 0 Å². The molecule has 0 saturated heterocycles. The third-order valence-electron chi connectivity index (χ3n) is 0. The molecule has 0 saturated carbocycles. The zero-order valence-electron chi connectivity index (χ0n) is 4.06. The fraction of sp³-hybridized carbons (Fsp3) is 1.00. The van der Waals surface area contributed by atoms with Crippen molar-refractivity contribution in [1.82, 2.24) is 4.30 Å². The van der Waals surface area contributed by atoms with Gasteiger partial charge in [0.25, 0.3) is 0 Å². The fourth-order valence-electron chi connectivity index (χ4n) is 0. The Morgan fingerprint density at radius 3 is 1.83 bits per heavy atom. The third-order valence-corrected chi connectivity index (χ3v) is 0. The minimum atomic E-state index is 0.250. The van der Waals surface area contributed by atoms with E-state index in [2.05, 4.69) is 20.8 Å². The Labute approximate surface area is 47.2 Å². The molecule has 0 unspecified atom stereocenters. The van der Waals surface area contributed by atoms with Gasteiger partial charge in [0.05, 0.1) is 0 Å². The molecular weight excluding hydrogens is 118 g/mol. The average molecular weight is 128 g/mol. The Hall–Kier alpha value is 0.452. The number of aliphatic hydroxyl groups is 1. The maximum atomic E-state index is 7.57. The monoisotopic (exact) mass is 128 g/mol. The van der Waals surface area contributed by atoms with E-state index < -0.39 is 0 Å². The average Bonchev–Trinajstić information content (AvgIpc) is 1.39. The molecule has 0 fully saturated rings. The van der Waals surface area contributed by atoms with Gasteiger partial charge in [0.2, 0.25) is 0 Å². The van der Waals surface area contributed by atoms with E-state index >= 15 is 0 Å². The van der Waals surface area contributed by atoms with Crippen molar-refractivity contribution in [2.45, 2.75) is 6.92 Å². The normalized spacial score (nSPS) is 5.83. The molecule has 0 spiro atoms. The van der Waals surface area contributed by atoms with E-state index in [0.29, 0.717) is 0 Å². The number of aliphatic hydroxyl groups excluding tert-OH is 1. The van der Waals surface area contributed by atoms with Gasteiger partial charge in [-0.3, -0.25) is 0 Å². The molecule has 0 bridgehead atoms. The van der Waals surface area contributed by atoms with Gasteiger partial charge in [-0.25, -0.2) is 0 Å². The van der Waals surface area contributed by atoms with Gasteiger partial charge in [0, 0.05) is 6.61 Å². The molecule has 6 heavy (non-hydrogen) atoms. The molecule has 0 radical (unpaired) electrons. The van der Waals surface area contributed by atoms with Crippen LogP contribution in [0, 0.1) is 0 Å². The van der Waals surface area contributed by atoms with Crippen LogP contribution < -0.4 is 4.30 Å². The molecule has 2 N–H and O–H groups in total. The minimum absolute atomic E-state index is 0.250. The molecule has 0 aliphatic heterocycles. The summed E-state index contributed by atoms with van der Waals surface area (Å²) in [4.78, 5) is 0. The SMILES string of the molecule is CCO.C[NH][Cr]. The summed E-state index contributed by atoms with van der Waals surface area (Å²) in [6.45, 7) is 1.93. The second kappa shape index (κ2) is 18.0. The maximum absolute atomic E-state index is 7.57. The van der Waals surface area contributed by atoms with Gasteiger partial charge in [0.15, 0.2) is 0 Å². The van der Waals surface area contributed by atoms with Crippen LogP contribution in [0.15, 0.2) is 0 Å². The number of rotatable bonds is 0.